The lowest BCUT2D eigenvalue weighted by atomic mass is 9.99. The minimum atomic E-state index is 0. The van der Waals surface area contributed by atoms with E-state index in [2.05, 4.69) is 46.4 Å². The third kappa shape index (κ3) is 6.77. The van der Waals surface area contributed by atoms with Gasteiger partial charge >= 0.3 is 0 Å². The number of rotatable bonds is 7. The van der Waals surface area contributed by atoms with E-state index in [9.17, 15) is 0 Å². The van der Waals surface area contributed by atoms with Gasteiger partial charge in [-0.05, 0) is 48.6 Å². The third-order valence-electron chi connectivity index (χ3n) is 5.34. The summed E-state index contributed by atoms with van der Waals surface area (Å²) in [5, 5.41) is 3.13. The van der Waals surface area contributed by atoms with Crippen LogP contribution < -0.4 is 20.5 Å². The molecule has 0 bridgehead atoms. The Morgan fingerprint density at radius 2 is 1.93 bits per heavy atom. The highest BCUT2D eigenvalue weighted by atomic mass is 127. The fourth-order valence-electron chi connectivity index (χ4n) is 3.80. The number of aliphatic imine (C=N–C) groups is 1. The van der Waals surface area contributed by atoms with Crippen LogP contribution >= 0.6 is 24.0 Å². The number of halogens is 1. The van der Waals surface area contributed by atoms with Gasteiger partial charge in [0.1, 0.15) is 11.5 Å². The minimum absolute atomic E-state index is 0. The maximum Gasteiger partial charge on any atom is 0.193 e. The Hall–Kier alpha value is -2.00. The molecule has 3 N–H and O–H groups in total. The summed E-state index contributed by atoms with van der Waals surface area (Å²) in [6.07, 6.45) is 2.61. The van der Waals surface area contributed by atoms with E-state index < -0.39 is 0 Å². The normalized spacial score (nSPS) is 17.2. The van der Waals surface area contributed by atoms with Crippen LogP contribution in [-0.4, -0.2) is 38.2 Å². The zero-order chi connectivity index (χ0) is 20.6. The Morgan fingerprint density at radius 3 is 2.63 bits per heavy atom. The third-order valence-corrected chi connectivity index (χ3v) is 5.34. The molecule has 1 aliphatic heterocycles. The summed E-state index contributed by atoms with van der Waals surface area (Å²) in [7, 11) is 3.25. The Morgan fingerprint density at radius 1 is 1.17 bits per heavy atom. The number of anilines is 1. The van der Waals surface area contributed by atoms with Gasteiger partial charge in [0.05, 0.1) is 26.5 Å². The molecular weight excluding hydrogens is 491 g/mol. The molecule has 0 aliphatic carbocycles. The van der Waals surface area contributed by atoms with E-state index >= 15 is 0 Å². The molecule has 164 valence electrons. The molecule has 0 saturated carbocycles. The second-order valence-electron chi connectivity index (χ2n) is 7.64. The number of methoxy groups -OCH3 is 2. The Bertz CT molecular complexity index is 844. The van der Waals surface area contributed by atoms with Crippen LogP contribution in [0.5, 0.6) is 11.5 Å². The van der Waals surface area contributed by atoms with Gasteiger partial charge in [-0.25, -0.2) is 4.99 Å². The summed E-state index contributed by atoms with van der Waals surface area (Å²) in [4.78, 5) is 7.10. The summed E-state index contributed by atoms with van der Waals surface area (Å²) in [6.45, 7) is 6.16. The van der Waals surface area contributed by atoms with Crippen molar-refractivity contribution in [2.75, 3.05) is 32.6 Å². The van der Waals surface area contributed by atoms with Crippen molar-refractivity contribution in [1.29, 1.82) is 0 Å². The van der Waals surface area contributed by atoms with Crippen molar-refractivity contribution in [2.24, 2.45) is 16.6 Å². The fraction of sp³-hybridized carbons (Fsp3) is 0.435. The molecule has 1 heterocycles. The lowest BCUT2D eigenvalue weighted by Crippen LogP contribution is -2.34. The number of ether oxygens (including phenoxy) is 2. The van der Waals surface area contributed by atoms with Crippen LogP contribution in [0.2, 0.25) is 0 Å². The first-order chi connectivity index (χ1) is 14.1. The van der Waals surface area contributed by atoms with Crippen molar-refractivity contribution in [2.45, 2.75) is 32.9 Å². The average Bonchev–Trinajstić information content (AvgIpc) is 2.73. The van der Waals surface area contributed by atoms with Gasteiger partial charge in [0.2, 0.25) is 0 Å². The van der Waals surface area contributed by atoms with Crippen LogP contribution in [0, 0.1) is 5.92 Å². The van der Waals surface area contributed by atoms with E-state index in [0.717, 1.165) is 30.4 Å². The molecule has 6 nitrogen and oxygen atoms in total. The van der Waals surface area contributed by atoms with Crippen molar-refractivity contribution in [1.82, 2.24) is 4.90 Å². The highest BCUT2D eigenvalue weighted by Gasteiger charge is 2.17. The van der Waals surface area contributed by atoms with Gasteiger partial charge < -0.3 is 20.5 Å². The van der Waals surface area contributed by atoms with Gasteiger partial charge in [0, 0.05) is 19.2 Å². The zero-order valence-electron chi connectivity index (χ0n) is 18.1. The van der Waals surface area contributed by atoms with Crippen molar-refractivity contribution >= 4 is 35.6 Å². The average molecular weight is 524 g/mol. The van der Waals surface area contributed by atoms with Crippen LogP contribution in [0.3, 0.4) is 0 Å². The van der Waals surface area contributed by atoms with Crippen LogP contribution in [0.1, 0.15) is 30.9 Å². The predicted molar refractivity (Wildman–Crippen MR) is 134 cm³/mol. The largest absolute Gasteiger partial charge is 0.497 e. The SMILES string of the molecule is COc1ccc(OC)c(NC(N)=NCc2ccccc2CN2CCCC(C)C2)c1.I. The molecule has 7 heteroatoms. The second-order valence-corrected chi connectivity index (χ2v) is 7.64. The maximum atomic E-state index is 6.15. The molecule has 30 heavy (non-hydrogen) atoms. The first kappa shape index (κ1) is 24.3. The van der Waals surface area contributed by atoms with E-state index in [0.29, 0.717) is 18.3 Å². The molecule has 1 unspecified atom stereocenters. The van der Waals surface area contributed by atoms with Gasteiger partial charge in [-0.3, -0.25) is 4.90 Å². The number of nitrogens with two attached hydrogens (primary N) is 1. The fourth-order valence-corrected chi connectivity index (χ4v) is 3.80. The number of nitrogens with one attached hydrogen (secondary N) is 1. The zero-order valence-corrected chi connectivity index (χ0v) is 20.4. The van der Waals surface area contributed by atoms with Gasteiger partial charge in [-0.15, -0.1) is 24.0 Å². The van der Waals surface area contributed by atoms with Gasteiger partial charge in [-0.2, -0.15) is 0 Å². The summed E-state index contributed by atoms with van der Waals surface area (Å²) in [6, 6.07) is 14.0. The highest BCUT2D eigenvalue weighted by Crippen LogP contribution is 2.28. The second kappa shape index (κ2) is 12.0. The van der Waals surface area contributed by atoms with E-state index in [-0.39, 0.29) is 24.0 Å². The van der Waals surface area contributed by atoms with E-state index in [1.807, 2.05) is 18.2 Å². The van der Waals surface area contributed by atoms with Gasteiger partial charge in [0.15, 0.2) is 5.96 Å². The molecule has 3 rings (SSSR count). The summed E-state index contributed by atoms with van der Waals surface area (Å²) in [5.74, 6) is 2.52. The number of benzene rings is 2. The molecule has 0 aromatic heterocycles. The summed E-state index contributed by atoms with van der Waals surface area (Å²) < 4.78 is 10.7. The Kier molecular flexibility index (Phi) is 9.71. The number of guanidine groups is 1. The molecular formula is C23H33IN4O2. The smallest absolute Gasteiger partial charge is 0.193 e. The number of nitrogens with zero attached hydrogens (tertiary/aromatic N) is 2. The lowest BCUT2D eigenvalue weighted by Gasteiger charge is -2.31. The molecule has 0 spiro atoms. The molecule has 0 radical (unpaired) electrons. The maximum absolute atomic E-state index is 6.15. The predicted octanol–water partition coefficient (Wildman–Crippen LogP) is 4.48. The van der Waals surface area contributed by atoms with E-state index in [1.165, 1.54) is 30.5 Å². The molecule has 1 fully saturated rings. The van der Waals surface area contributed by atoms with Crippen LogP contribution in [0.15, 0.2) is 47.5 Å². The summed E-state index contributed by atoms with van der Waals surface area (Å²) >= 11 is 0. The van der Waals surface area contributed by atoms with Crippen molar-refractivity contribution in [3.05, 3.63) is 53.6 Å². The molecule has 1 saturated heterocycles. The molecule has 1 atom stereocenters. The topological polar surface area (TPSA) is 72.1 Å². The van der Waals surface area contributed by atoms with E-state index in [4.69, 9.17) is 15.2 Å². The Labute approximate surface area is 196 Å². The van der Waals surface area contributed by atoms with Gasteiger partial charge in [0.25, 0.3) is 0 Å². The number of piperidine rings is 1. The van der Waals surface area contributed by atoms with Crippen LogP contribution in [0.25, 0.3) is 0 Å². The monoisotopic (exact) mass is 524 g/mol. The summed E-state index contributed by atoms with van der Waals surface area (Å²) in [5.41, 5.74) is 9.40. The van der Waals surface area contributed by atoms with E-state index in [1.54, 1.807) is 14.2 Å². The van der Waals surface area contributed by atoms with Crippen LogP contribution in [-0.2, 0) is 13.1 Å². The van der Waals surface area contributed by atoms with Crippen molar-refractivity contribution < 1.29 is 9.47 Å². The first-order valence-electron chi connectivity index (χ1n) is 10.2. The van der Waals surface area contributed by atoms with Crippen LogP contribution in [0.4, 0.5) is 5.69 Å². The number of likely N-dealkylation sites (tertiary alicyclic amines) is 1. The first-order valence-corrected chi connectivity index (χ1v) is 10.2. The number of hydrogen-bond acceptors (Lipinski definition) is 4. The van der Waals surface area contributed by atoms with Crippen molar-refractivity contribution in [3.8, 4) is 11.5 Å². The minimum Gasteiger partial charge on any atom is -0.497 e. The standard InChI is InChI=1S/C23H32N4O2.HI/c1-17-7-6-12-27(15-17)16-19-9-5-4-8-18(19)14-25-23(24)26-21-13-20(28-2)10-11-22(21)29-3;/h4-5,8-11,13,17H,6-7,12,14-16H2,1-3H3,(H3,24,25,26);1H. The Balaban J connectivity index is 0.00000320. The lowest BCUT2D eigenvalue weighted by molar-refractivity contribution is 0.176. The van der Waals surface area contributed by atoms with Gasteiger partial charge in [-0.1, -0.05) is 31.2 Å². The highest BCUT2D eigenvalue weighted by molar-refractivity contribution is 14.0. The van der Waals surface area contributed by atoms with Crippen molar-refractivity contribution in [3.63, 3.8) is 0 Å². The molecule has 2 aromatic rings. The molecule has 2 aromatic carbocycles. The number of hydrogen-bond donors (Lipinski definition) is 2. The molecule has 1 aliphatic rings. The quantitative estimate of drug-likeness (QED) is 0.318. The molecule has 0 amide bonds.